The van der Waals surface area contributed by atoms with Crippen LogP contribution < -0.4 is 5.76 Å². The van der Waals surface area contributed by atoms with Crippen molar-refractivity contribution < 1.29 is 18.7 Å². The summed E-state index contributed by atoms with van der Waals surface area (Å²) in [5.74, 6) is -0.721. The Bertz CT molecular complexity index is 741. The molecule has 1 heterocycles. The lowest BCUT2D eigenvalue weighted by Crippen LogP contribution is -2.24. The van der Waals surface area contributed by atoms with E-state index in [9.17, 15) is 9.59 Å². The zero-order valence-electron chi connectivity index (χ0n) is 13.4. The molecular weight excluding hydrogens is 366 g/mol. The van der Waals surface area contributed by atoms with Crippen molar-refractivity contribution in [2.24, 2.45) is 0 Å². The van der Waals surface area contributed by atoms with E-state index in [4.69, 9.17) is 13.9 Å². The molecule has 6 nitrogen and oxygen atoms in total. The van der Waals surface area contributed by atoms with Crippen LogP contribution in [0.4, 0.5) is 0 Å². The summed E-state index contributed by atoms with van der Waals surface area (Å²) in [7, 11) is 0. The maximum absolute atomic E-state index is 11.8. The fourth-order valence-corrected chi connectivity index (χ4v) is 2.40. The number of hydrogen-bond donors (Lipinski definition) is 0. The summed E-state index contributed by atoms with van der Waals surface area (Å²) >= 11 is 3.37. The van der Waals surface area contributed by atoms with Gasteiger partial charge in [0, 0.05) is 4.47 Å². The van der Waals surface area contributed by atoms with Crippen molar-refractivity contribution in [2.45, 2.75) is 39.3 Å². The minimum Gasteiger partial charge on any atom is -0.460 e. The van der Waals surface area contributed by atoms with E-state index in [0.717, 1.165) is 4.47 Å². The van der Waals surface area contributed by atoms with Crippen LogP contribution in [0.3, 0.4) is 0 Å². The number of fused-ring (bicyclic) bond motifs is 1. The molecule has 0 aliphatic rings. The van der Waals surface area contributed by atoms with Gasteiger partial charge in [0.1, 0.15) is 5.60 Å². The van der Waals surface area contributed by atoms with Crippen LogP contribution in [0.25, 0.3) is 11.1 Å². The Kier molecular flexibility index (Phi) is 5.64. The van der Waals surface area contributed by atoms with Gasteiger partial charge in [-0.25, -0.2) is 4.79 Å². The maximum Gasteiger partial charge on any atom is 0.420 e. The first-order valence-corrected chi connectivity index (χ1v) is 8.14. The number of nitrogens with zero attached hydrogens (tertiary/aromatic N) is 1. The Morgan fingerprint density at radius 1 is 1.30 bits per heavy atom. The van der Waals surface area contributed by atoms with E-state index in [1.807, 2.05) is 32.9 Å². The van der Waals surface area contributed by atoms with Crippen molar-refractivity contribution in [3.05, 3.63) is 33.2 Å². The van der Waals surface area contributed by atoms with Gasteiger partial charge in [0.25, 0.3) is 0 Å². The van der Waals surface area contributed by atoms with E-state index in [1.165, 1.54) is 4.57 Å². The van der Waals surface area contributed by atoms with Crippen molar-refractivity contribution in [1.82, 2.24) is 4.57 Å². The average Bonchev–Trinajstić information content (AvgIpc) is 2.72. The summed E-state index contributed by atoms with van der Waals surface area (Å²) < 4.78 is 18.1. The number of ether oxygens (including phenoxy) is 2. The predicted octanol–water partition coefficient (Wildman–Crippen LogP) is 3.11. The number of hydrogen-bond acceptors (Lipinski definition) is 5. The molecule has 1 aromatic heterocycles. The van der Waals surface area contributed by atoms with Crippen molar-refractivity contribution in [2.75, 3.05) is 13.2 Å². The molecule has 0 aliphatic carbocycles. The van der Waals surface area contributed by atoms with Gasteiger partial charge < -0.3 is 13.9 Å². The van der Waals surface area contributed by atoms with Crippen LogP contribution in [0.1, 0.15) is 27.2 Å². The highest BCUT2D eigenvalue weighted by molar-refractivity contribution is 9.10. The molecule has 7 heteroatoms. The maximum atomic E-state index is 11.8. The summed E-state index contributed by atoms with van der Waals surface area (Å²) in [6.07, 6.45) is 0.184. The van der Waals surface area contributed by atoms with E-state index < -0.39 is 11.4 Å². The van der Waals surface area contributed by atoms with Crippen molar-refractivity contribution in [1.29, 1.82) is 0 Å². The molecule has 126 valence electrons. The van der Waals surface area contributed by atoms with E-state index in [1.54, 1.807) is 6.07 Å². The number of benzene rings is 1. The number of carbonyl (C=O) groups excluding carboxylic acids is 1. The quantitative estimate of drug-likeness (QED) is 0.564. The Balaban J connectivity index is 1.83. The Morgan fingerprint density at radius 2 is 2.04 bits per heavy atom. The minimum atomic E-state index is -0.493. The van der Waals surface area contributed by atoms with Gasteiger partial charge in [0.2, 0.25) is 0 Å². The van der Waals surface area contributed by atoms with Crippen LogP contribution in [-0.2, 0) is 20.8 Å². The molecule has 0 saturated heterocycles. The Morgan fingerprint density at radius 3 is 2.74 bits per heavy atom. The van der Waals surface area contributed by atoms with Crippen LogP contribution in [0, 0.1) is 0 Å². The standard InChI is InChI=1S/C16H20BrNO5/c1-16(2,3)23-14(19)6-8-21-9-7-18-12-10-11(17)4-5-13(12)22-15(18)20/h4-5,10H,6-9H2,1-3H3. The molecule has 0 atom stereocenters. The molecular formula is C16H20BrNO5. The average molecular weight is 386 g/mol. The highest BCUT2D eigenvalue weighted by Crippen LogP contribution is 2.18. The molecule has 0 unspecified atom stereocenters. The smallest absolute Gasteiger partial charge is 0.420 e. The number of halogens is 1. The minimum absolute atomic E-state index is 0.184. The van der Waals surface area contributed by atoms with E-state index in [-0.39, 0.29) is 19.0 Å². The summed E-state index contributed by atoms with van der Waals surface area (Å²) in [4.78, 5) is 23.4. The number of rotatable bonds is 6. The topological polar surface area (TPSA) is 70.7 Å². The predicted molar refractivity (Wildman–Crippen MR) is 89.5 cm³/mol. The first-order valence-electron chi connectivity index (χ1n) is 7.35. The molecule has 0 saturated carbocycles. The fourth-order valence-electron chi connectivity index (χ4n) is 2.05. The van der Waals surface area contributed by atoms with E-state index >= 15 is 0 Å². The monoisotopic (exact) mass is 385 g/mol. The van der Waals surface area contributed by atoms with Crippen LogP contribution >= 0.6 is 15.9 Å². The van der Waals surface area contributed by atoms with Gasteiger partial charge in [0.15, 0.2) is 5.58 Å². The van der Waals surface area contributed by atoms with Gasteiger partial charge in [-0.05, 0) is 39.0 Å². The largest absolute Gasteiger partial charge is 0.460 e. The van der Waals surface area contributed by atoms with Crippen LogP contribution in [0.15, 0.2) is 31.9 Å². The number of oxazole rings is 1. The van der Waals surface area contributed by atoms with Crippen LogP contribution in [0.2, 0.25) is 0 Å². The van der Waals surface area contributed by atoms with Gasteiger partial charge in [-0.2, -0.15) is 0 Å². The van der Waals surface area contributed by atoms with Crippen molar-refractivity contribution in [3.63, 3.8) is 0 Å². The Hall–Kier alpha value is -1.60. The first kappa shape index (κ1) is 17.7. The summed E-state index contributed by atoms with van der Waals surface area (Å²) in [5.41, 5.74) is 0.750. The number of aromatic nitrogens is 1. The molecule has 0 fully saturated rings. The van der Waals surface area contributed by atoms with Gasteiger partial charge in [-0.15, -0.1) is 0 Å². The molecule has 0 radical (unpaired) electrons. The molecule has 0 spiro atoms. The van der Waals surface area contributed by atoms with Gasteiger partial charge in [-0.3, -0.25) is 9.36 Å². The zero-order valence-corrected chi connectivity index (χ0v) is 15.0. The zero-order chi connectivity index (χ0) is 17.0. The second-order valence-electron chi connectivity index (χ2n) is 6.08. The van der Waals surface area contributed by atoms with Crippen molar-refractivity contribution >= 4 is 33.0 Å². The third-order valence-electron chi connectivity index (χ3n) is 2.96. The molecule has 2 rings (SSSR count). The summed E-state index contributed by atoms with van der Waals surface area (Å²) in [5, 5.41) is 0. The third kappa shape index (κ3) is 5.21. The lowest BCUT2D eigenvalue weighted by molar-refractivity contribution is -0.156. The highest BCUT2D eigenvalue weighted by atomic mass is 79.9. The summed E-state index contributed by atoms with van der Waals surface area (Å²) in [6, 6.07) is 5.37. The first-order chi connectivity index (χ1) is 10.8. The molecule has 0 N–H and O–H groups in total. The second-order valence-corrected chi connectivity index (χ2v) is 7.00. The molecule has 2 aromatic rings. The second kappa shape index (κ2) is 7.31. The SMILES string of the molecule is CC(C)(C)OC(=O)CCOCCn1c(=O)oc2ccc(Br)cc21. The molecule has 23 heavy (non-hydrogen) atoms. The third-order valence-corrected chi connectivity index (χ3v) is 3.45. The summed E-state index contributed by atoms with van der Waals surface area (Å²) in [6.45, 7) is 6.38. The Labute approximate surface area is 142 Å². The van der Waals surface area contributed by atoms with Crippen LogP contribution in [0.5, 0.6) is 0 Å². The molecule has 0 aliphatic heterocycles. The molecule has 0 amide bonds. The van der Waals surface area contributed by atoms with Gasteiger partial charge in [-0.1, -0.05) is 15.9 Å². The fraction of sp³-hybridized carbons (Fsp3) is 0.500. The van der Waals surface area contributed by atoms with E-state index in [0.29, 0.717) is 24.3 Å². The normalized spacial score (nSPS) is 11.8. The van der Waals surface area contributed by atoms with Crippen LogP contribution in [-0.4, -0.2) is 29.4 Å². The lowest BCUT2D eigenvalue weighted by atomic mass is 10.2. The number of carbonyl (C=O) groups is 1. The van der Waals surface area contributed by atoms with Gasteiger partial charge in [0.05, 0.1) is 31.7 Å². The van der Waals surface area contributed by atoms with Crippen molar-refractivity contribution in [3.8, 4) is 0 Å². The molecule has 0 bridgehead atoms. The highest BCUT2D eigenvalue weighted by Gasteiger charge is 2.15. The van der Waals surface area contributed by atoms with E-state index in [2.05, 4.69) is 15.9 Å². The van der Waals surface area contributed by atoms with Gasteiger partial charge >= 0.3 is 11.7 Å². The number of esters is 1. The molecule has 1 aromatic carbocycles. The lowest BCUT2D eigenvalue weighted by Gasteiger charge is -2.19.